The van der Waals surface area contributed by atoms with E-state index < -0.39 is 0 Å². The Morgan fingerprint density at radius 1 is 1.22 bits per heavy atom. The molecule has 0 radical (unpaired) electrons. The zero-order valence-electron chi connectivity index (χ0n) is 15.5. The molecule has 3 rings (SSSR count). The van der Waals surface area contributed by atoms with Crippen molar-refractivity contribution in [1.29, 1.82) is 0 Å². The second-order valence-corrected chi connectivity index (χ2v) is 6.06. The van der Waals surface area contributed by atoms with Gasteiger partial charge in [-0.25, -0.2) is 0 Å². The summed E-state index contributed by atoms with van der Waals surface area (Å²) in [4.78, 5) is 15.5. The number of aromatic amines is 1. The number of ether oxygens (including phenoxy) is 4. The van der Waals surface area contributed by atoms with E-state index in [0.29, 0.717) is 50.0 Å². The first-order valence-corrected chi connectivity index (χ1v) is 8.94. The molecule has 1 fully saturated rings. The molecule has 1 aliphatic rings. The second-order valence-electron chi connectivity index (χ2n) is 6.06. The molecule has 142 valence electrons. The molecule has 6 heteroatoms. The van der Waals surface area contributed by atoms with E-state index >= 15 is 0 Å². The molecular weight excluding hydrogens is 346 g/mol. The number of methoxy groups -OCH3 is 1. The Morgan fingerprint density at radius 2 is 2.04 bits per heavy atom. The zero-order valence-corrected chi connectivity index (χ0v) is 15.5. The molecule has 6 nitrogen and oxygen atoms in total. The Balaban J connectivity index is 1.79. The normalized spacial score (nSPS) is 16.3. The lowest BCUT2D eigenvalue weighted by atomic mass is 10.1. The fourth-order valence-corrected chi connectivity index (χ4v) is 2.72. The number of H-pyrrole nitrogens is 1. The molecule has 1 aliphatic heterocycles. The van der Waals surface area contributed by atoms with Gasteiger partial charge in [0, 0.05) is 17.2 Å². The second kappa shape index (κ2) is 9.26. The molecule has 0 saturated carbocycles. The summed E-state index contributed by atoms with van der Waals surface area (Å²) >= 11 is 0. The Kier molecular flexibility index (Phi) is 6.53. The van der Waals surface area contributed by atoms with Gasteiger partial charge in [0.25, 0.3) is 0 Å². The predicted molar refractivity (Wildman–Crippen MR) is 101 cm³/mol. The minimum atomic E-state index is -0.137. The number of aromatic nitrogens is 1. The number of benzene rings is 1. The SMILES string of the molecule is CCc1c(C#Cc2ccc(OC)cc2)[nH]c(OC[C@@H]2COCCO2)cc1=O. The number of hydrogen-bond donors (Lipinski definition) is 1. The third-order valence-electron chi connectivity index (χ3n) is 4.19. The topological polar surface area (TPSA) is 69.8 Å². The summed E-state index contributed by atoms with van der Waals surface area (Å²) in [6, 6.07) is 8.90. The van der Waals surface area contributed by atoms with Crippen LogP contribution >= 0.6 is 0 Å². The van der Waals surface area contributed by atoms with Crippen LogP contribution in [0.3, 0.4) is 0 Å². The van der Waals surface area contributed by atoms with Gasteiger partial charge in [0.1, 0.15) is 18.5 Å². The molecule has 2 heterocycles. The first-order chi connectivity index (χ1) is 13.2. The van der Waals surface area contributed by atoms with E-state index in [0.717, 1.165) is 11.3 Å². The number of nitrogens with one attached hydrogen (secondary N) is 1. The van der Waals surface area contributed by atoms with Crippen LogP contribution in [0.2, 0.25) is 0 Å². The van der Waals surface area contributed by atoms with E-state index in [4.69, 9.17) is 18.9 Å². The first-order valence-electron chi connectivity index (χ1n) is 8.94. The zero-order chi connectivity index (χ0) is 19.1. The Morgan fingerprint density at radius 3 is 2.70 bits per heavy atom. The van der Waals surface area contributed by atoms with Crippen molar-refractivity contribution in [2.24, 2.45) is 0 Å². The fraction of sp³-hybridized carbons (Fsp3) is 0.381. The van der Waals surface area contributed by atoms with Crippen LogP contribution in [0.15, 0.2) is 35.1 Å². The molecule has 1 aromatic carbocycles. The molecule has 0 bridgehead atoms. The van der Waals surface area contributed by atoms with Crippen LogP contribution < -0.4 is 14.9 Å². The third kappa shape index (κ3) is 5.13. The van der Waals surface area contributed by atoms with Gasteiger partial charge in [0.15, 0.2) is 11.3 Å². The van der Waals surface area contributed by atoms with E-state index in [1.165, 1.54) is 6.07 Å². The molecule has 1 atom stereocenters. The van der Waals surface area contributed by atoms with Crippen molar-refractivity contribution in [3.63, 3.8) is 0 Å². The lowest BCUT2D eigenvalue weighted by Gasteiger charge is -2.22. The summed E-state index contributed by atoms with van der Waals surface area (Å²) in [6.07, 6.45) is 0.448. The summed E-state index contributed by atoms with van der Waals surface area (Å²) in [7, 11) is 1.62. The van der Waals surface area contributed by atoms with Crippen LogP contribution in [0, 0.1) is 11.8 Å². The molecule has 1 N–H and O–H groups in total. The van der Waals surface area contributed by atoms with Gasteiger partial charge in [-0.15, -0.1) is 0 Å². The van der Waals surface area contributed by atoms with Gasteiger partial charge in [0.05, 0.1) is 32.6 Å². The molecule has 0 aliphatic carbocycles. The van der Waals surface area contributed by atoms with Crippen molar-refractivity contribution >= 4 is 0 Å². The minimum absolute atomic E-state index is 0.0916. The fourth-order valence-electron chi connectivity index (χ4n) is 2.72. The molecule has 0 unspecified atom stereocenters. The van der Waals surface area contributed by atoms with Crippen molar-refractivity contribution in [2.45, 2.75) is 19.4 Å². The Hall–Kier alpha value is -2.75. The predicted octanol–water partition coefficient (Wildman–Crippen LogP) is 2.14. The van der Waals surface area contributed by atoms with Gasteiger partial charge in [-0.2, -0.15) is 0 Å². The number of pyridine rings is 1. The Labute approximate surface area is 158 Å². The highest BCUT2D eigenvalue weighted by atomic mass is 16.6. The van der Waals surface area contributed by atoms with Gasteiger partial charge >= 0.3 is 0 Å². The molecule has 0 amide bonds. The van der Waals surface area contributed by atoms with E-state index in [1.807, 2.05) is 31.2 Å². The quantitative estimate of drug-likeness (QED) is 0.818. The minimum Gasteiger partial charge on any atom is -0.497 e. The van der Waals surface area contributed by atoms with Crippen LogP contribution in [0.1, 0.15) is 23.7 Å². The molecule has 27 heavy (non-hydrogen) atoms. The van der Waals surface area contributed by atoms with Crippen molar-refractivity contribution in [3.05, 3.63) is 57.4 Å². The lowest BCUT2D eigenvalue weighted by molar-refractivity contribution is -0.102. The van der Waals surface area contributed by atoms with Crippen LogP contribution in [0.5, 0.6) is 11.6 Å². The molecule has 2 aromatic rings. The van der Waals surface area contributed by atoms with Crippen LogP contribution in [-0.4, -0.2) is 44.6 Å². The van der Waals surface area contributed by atoms with Gasteiger partial charge in [0.2, 0.25) is 0 Å². The van der Waals surface area contributed by atoms with E-state index in [-0.39, 0.29) is 11.5 Å². The van der Waals surface area contributed by atoms with Crippen LogP contribution in [0.25, 0.3) is 0 Å². The molecule has 1 saturated heterocycles. The van der Waals surface area contributed by atoms with Crippen molar-refractivity contribution < 1.29 is 18.9 Å². The van der Waals surface area contributed by atoms with Gasteiger partial charge in [-0.1, -0.05) is 12.8 Å². The number of hydrogen-bond acceptors (Lipinski definition) is 5. The summed E-state index contributed by atoms with van der Waals surface area (Å²) < 4.78 is 21.7. The maximum Gasteiger partial charge on any atom is 0.195 e. The molecule has 1 aromatic heterocycles. The Bertz CT molecular complexity index is 870. The van der Waals surface area contributed by atoms with Crippen molar-refractivity contribution in [3.8, 4) is 23.5 Å². The largest absolute Gasteiger partial charge is 0.497 e. The number of rotatable bonds is 5. The highest BCUT2D eigenvalue weighted by Gasteiger charge is 2.16. The maximum atomic E-state index is 12.4. The van der Waals surface area contributed by atoms with E-state index in [9.17, 15) is 4.79 Å². The van der Waals surface area contributed by atoms with E-state index in [2.05, 4.69) is 16.8 Å². The summed E-state index contributed by atoms with van der Waals surface area (Å²) in [5, 5.41) is 0. The average molecular weight is 369 g/mol. The van der Waals surface area contributed by atoms with Crippen molar-refractivity contribution in [2.75, 3.05) is 33.5 Å². The van der Waals surface area contributed by atoms with E-state index in [1.54, 1.807) is 7.11 Å². The van der Waals surface area contributed by atoms with Gasteiger partial charge in [-0.3, -0.25) is 4.79 Å². The van der Waals surface area contributed by atoms with Crippen molar-refractivity contribution in [1.82, 2.24) is 4.98 Å². The molecular formula is C21H23NO5. The van der Waals surface area contributed by atoms with Crippen LogP contribution in [-0.2, 0) is 15.9 Å². The highest BCUT2D eigenvalue weighted by molar-refractivity contribution is 5.45. The first kappa shape index (κ1) is 19.0. The summed E-state index contributed by atoms with van der Waals surface area (Å²) in [6.45, 7) is 3.88. The lowest BCUT2D eigenvalue weighted by Crippen LogP contribution is -2.33. The summed E-state index contributed by atoms with van der Waals surface area (Å²) in [5.74, 6) is 7.28. The van der Waals surface area contributed by atoms with Gasteiger partial charge in [-0.05, 0) is 36.6 Å². The smallest absolute Gasteiger partial charge is 0.195 e. The van der Waals surface area contributed by atoms with Gasteiger partial charge < -0.3 is 23.9 Å². The standard InChI is InChI=1S/C21H23NO5/c1-3-18-19(9-6-15-4-7-16(24-2)8-5-15)22-21(12-20(18)23)27-14-17-13-25-10-11-26-17/h4-5,7-8,12,17H,3,10-11,13-14H2,1-2H3,(H,22,23)/t17-/m0/s1. The average Bonchev–Trinajstić information content (AvgIpc) is 2.71. The molecule has 0 spiro atoms. The maximum absolute atomic E-state index is 12.4. The highest BCUT2D eigenvalue weighted by Crippen LogP contribution is 2.13. The monoisotopic (exact) mass is 369 g/mol. The summed E-state index contributed by atoms with van der Waals surface area (Å²) in [5.41, 5.74) is 1.95. The van der Waals surface area contributed by atoms with Crippen LogP contribution in [0.4, 0.5) is 0 Å². The third-order valence-corrected chi connectivity index (χ3v) is 4.19.